The Morgan fingerprint density at radius 2 is 1.74 bits per heavy atom. The number of piperidine rings is 1. The lowest BCUT2D eigenvalue weighted by Gasteiger charge is -2.40. The molecule has 0 spiro atoms. The molecule has 2 amide bonds. The lowest BCUT2D eigenvalue weighted by Crippen LogP contribution is -2.53. The van der Waals surface area contributed by atoms with Gasteiger partial charge in [-0.2, -0.15) is 4.31 Å². The van der Waals surface area contributed by atoms with E-state index in [4.69, 9.17) is 0 Å². The minimum atomic E-state index is -3.90. The molecule has 0 N–H and O–H groups in total. The molecule has 39 heavy (non-hydrogen) atoms. The molecular weight excluding hydrogens is 580 g/mol. The largest absolute Gasteiger partial charge is 0.368 e. The van der Waals surface area contributed by atoms with E-state index >= 15 is 0 Å². The maximum absolute atomic E-state index is 14.0. The number of rotatable bonds is 5. The summed E-state index contributed by atoms with van der Waals surface area (Å²) in [5, 5.41) is 0. The Labute approximate surface area is 240 Å². The minimum absolute atomic E-state index is 0.0396. The molecule has 3 aliphatic heterocycles. The second kappa shape index (κ2) is 11.2. The highest BCUT2D eigenvalue weighted by Gasteiger charge is 2.39. The molecule has 0 unspecified atom stereocenters. The number of hydrogen-bond acceptors (Lipinski definition) is 5. The van der Waals surface area contributed by atoms with Crippen molar-refractivity contribution >= 4 is 49.1 Å². The Kier molecular flexibility index (Phi) is 8.08. The summed E-state index contributed by atoms with van der Waals surface area (Å²) in [6.07, 6.45) is 2.25. The number of hydrogen-bond donors (Lipinski definition) is 0. The van der Waals surface area contributed by atoms with Crippen LogP contribution in [0.5, 0.6) is 0 Å². The van der Waals surface area contributed by atoms with E-state index in [1.54, 1.807) is 17.9 Å². The highest BCUT2D eigenvalue weighted by atomic mass is 79.9. The van der Waals surface area contributed by atoms with Crippen LogP contribution in [0.2, 0.25) is 0 Å². The van der Waals surface area contributed by atoms with Gasteiger partial charge < -0.3 is 14.7 Å². The van der Waals surface area contributed by atoms with Crippen LogP contribution in [0.3, 0.4) is 0 Å². The van der Waals surface area contributed by atoms with Gasteiger partial charge in [0.25, 0.3) is 0 Å². The number of piperazine rings is 1. The number of carbonyl (C=O) groups is 2. The molecule has 2 fully saturated rings. The average Bonchev–Trinajstić information content (AvgIpc) is 3.37. The number of sulfonamides is 1. The first kappa shape index (κ1) is 28.1. The lowest BCUT2D eigenvalue weighted by molar-refractivity contribution is -0.137. The molecule has 0 aromatic heterocycles. The molecular formula is C29H37BrN4O4S. The molecule has 0 radical (unpaired) electrons. The quantitative estimate of drug-likeness (QED) is 0.505. The number of benzene rings is 2. The molecule has 2 aromatic rings. The third kappa shape index (κ3) is 5.47. The Morgan fingerprint density at radius 1 is 1.00 bits per heavy atom. The summed E-state index contributed by atoms with van der Waals surface area (Å²) in [4.78, 5) is 32.2. The standard InChI is InChI=1S/C29H37BrN4O4S/c1-4-27(35)34-11-9-22-17-24(30)18-26(28(22)34)39(37,38)33-10-5-6-23(19-33)29(36)32-14-12-31(13-15-32)25-16-20(2)7-8-21(25)3/h7-8,16-18,23H,4-6,9-15,19H2,1-3H3/t23-/m1/s1. The first-order chi connectivity index (χ1) is 18.6. The van der Waals surface area contributed by atoms with Crippen LogP contribution >= 0.6 is 15.9 Å². The van der Waals surface area contributed by atoms with Crippen molar-refractivity contribution in [3.63, 3.8) is 0 Å². The fraction of sp³-hybridized carbons (Fsp3) is 0.517. The van der Waals surface area contributed by atoms with Gasteiger partial charge in [-0.15, -0.1) is 0 Å². The van der Waals surface area contributed by atoms with Gasteiger partial charge >= 0.3 is 0 Å². The van der Waals surface area contributed by atoms with Crippen molar-refractivity contribution in [1.82, 2.24) is 9.21 Å². The van der Waals surface area contributed by atoms with Gasteiger partial charge in [0.1, 0.15) is 4.90 Å². The van der Waals surface area contributed by atoms with E-state index in [1.165, 1.54) is 21.1 Å². The molecule has 1 atom stereocenters. The van der Waals surface area contributed by atoms with Crippen molar-refractivity contribution < 1.29 is 18.0 Å². The van der Waals surface area contributed by atoms with Gasteiger partial charge in [-0.25, -0.2) is 8.42 Å². The van der Waals surface area contributed by atoms with Gasteiger partial charge in [0.15, 0.2) is 0 Å². The van der Waals surface area contributed by atoms with Gasteiger partial charge in [-0.1, -0.05) is 35.0 Å². The average molecular weight is 618 g/mol. The molecule has 3 heterocycles. The summed E-state index contributed by atoms with van der Waals surface area (Å²) < 4.78 is 30.1. The van der Waals surface area contributed by atoms with Crippen molar-refractivity contribution in [2.45, 2.75) is 51.3 Å². The molecule has 5 rings (SSSR count). The molecule has 3 aliphatic rings. The van der Waals surface area contributed by atoms with Crippen LogP contribution in [0.15, 0.2) is 39.7 Å². The topological polar surface area (TPSA) is 81.2 Å². The minimum Gasteiger partial charge on any atom is -0.368 e. The fourth-order valence-corrected chi connectivity index (χ4v) is 8.54. The van der Waals surface area contributed by atoms with Crippen molar-refractivity contribution in [2.75, 3.05) is 55.6 Å². The Bertz CT molecular complexity index is 1390. The van der Waals surface area contributed by atoms with E-state index in [-0.39, 0.29) is 29.2 Å². The number of halogens is 1. The smallest absolute Gasteiger partial charge is 0.245 e. The summed E-state index contributed by atoms with van der Waals surface area (Å²) in [6, 6.07) is 9.95. The number of nitrogens with zero attached hydrogens (tertiary/aromatic N) is 4. The zero-order chi connectivity index (χ0) is 27.9. The highest BCUT2D eigenvalue weighted by Crippen LogP contribution is 2.40. The maximum atomic E-state index is 14.0. The summed E-state index contributed by atoms with van der Waals surface area (Å²) in [7, 11) is -3.90. The SMILES string of the molecule is CCC(=O)N1CCc2cc(Br)cc(S(=O)(=O)N3CCC[C@@H](C(=O)N4CCN(c5cc(C)ccc5C)CC4)C3)c21. The second-order valence-corrected chi connectivity index (χ2v) is 13.7. The highest BCUT2D eigenvalue weighted by molar-refractivity contribution is 9.10. The van der Waals surface area contributed by atoms with Gasteiger partial charge in [-0.05, 0) is 68.0 Å². The van der Waals surface area contributed by atoms with Crippen molar-refractivity contribution in [3.8, 4) is 0 Å². The second-order valence-electron chi connectivity index (χ2n) is 10.9. The van der Waals surface area contributed by atoms with E-state index in [1.807, 2.05) is 11.0 Å². The summed E-state index contributed by atoms with van der Waals surface area (Å²) in [5.74, 6) is -0.411. The number of carbonyl (C=O) groups excluding carboxylic acids is 2. The summed E-state index contributed by atoms with van der Waals surface area (Å²) in [6.45, 7) is 9.79. The van der Waals surface area contributed by atoms with Crippen LogP contribution in [0.1, 0.15) is 42.9 Å². The normalized spacial score (nSPS) is 20.3. The molecule has 0 bridgehead atoms. The number of anilines is 2. The molecule has 8 nitrogen and oxygen atoms in total. The fourth-order valence-electron chi connectivity index (χ4n) is 6.09. The van der Waals surface area contributed by atoms with E-state index < -0.39 is 10.0 Å². The van der Waals surface area contributed by atoms with Gasteiger partial charge in [0.05, 0.1) is 11.6 Å². The molecule has 0 saturated carbocycles. The zero-order valence-electron chi connectivity index (χ0n) is 23.0. The predicted octanol–water partition coefficient (Wildman–Crippen LogP) is 4.11. The van der Waals surface area contributed by atoms with Crippen LogP contribution in [0, 0.1) is 19.8 Å². The zero-order valence-corrected chi connectivity index (χ0v) is 25.4. The number of fused-ring (bicyclic) bond motifs is 1. The van der Waals surface area contributed by atoms with Crippen LogP contribution in [-0.2, 0) is 26.0 Å². The molecule has 2 saturated heterocycles. The van der Waals surface area contributed by atoms with Gasteiger partial charge in [0.2, 0.25) is 21.8 Å². The van der Waals surface area contributed by atoms with Crippen molar-refractivity contribution in [3.05, 3.63) is 51.5 Å². The monoisotopic (exact) mass is 616 g/mol. The van der Waals surface area contributed by atoms with Crippen molar-refractivity contribution in [1.29, 1.82) is 0 Å². The van der Waals surface area contributed by atoms with Crippen molar-refractivity contribution in [2.24, 2.45) is 5.92 Å². The maximum Gasteiger partial charge on any atom is 0.245 e. The molecule has 2 aromatic carbocycles. The summed E-state index contributed by atoms with van der Waals surface area (Å²) in [5.41, 5.74) is 5.02. The van der Waals surface area contributed by atoms with Gasteiger partial charge in [-0.3, -0.25) is 9.59 Å². The Morgan fingerprint density at radius 3 is 2.46 bits per heavy atom. The third-order valence-corrected chi connectivity index (χ3v) is 10.6. The molecule has 0 aliphatic carbocycles. The first-order valence-corrected chi connectivity index (χ1v) is 16.1. The van der Waals surface area contributed by atoms with E-state index in [0.717, 1.165) is 18.7 Å². The van der Waals surface area contributed by atoms with Crippen LogP contribution in [0.4, 0.5) is 11.4 Å². The van der Waals surface area contributed by atoms with Crippen LogP contribution < -0.4 is 9.80 Å². The molecule has 210 valence electrons. The summed E-state index contributed by atoms with van der Waals surface area (Å²) >= 11 is 3.47. The predicted molar refractivity (Wildman–Crippen MR) is 157 cm³/mol. The number of aryl methyl sites for hydroxylation is 2. The third-order valence-electron chi connectivity index (χ3n) is 8.24. The van der Waals surface area contributed by atoms with Gasteiger partial charge in [0, 0.05) is 62.4 Å². The number of amides is 2. The van der Waals surface area contributed by atoms with E-state index in [0.29, 0.717) is 62.0 Å². The van der Waals surface area contributed by atoms with E-state index in [9.17, 15) is 18.0 Å². The lowest BCUT2D eigenvalue weighted by atomic mass is 9.97. The Hall–Kier alpha value is -2.43. The van der Waals surface area contributed by atoms with Crippen LogP contribution in [0.25, 0.3) is 0 Å². The Balaban J connectivity index is 1.31. The molecule has 10 heteroatoms. The van der Waals surface area contributed by atoms with Crippen LogP contribution in [-0.4, -0.2) is 75.3 Å². The first-order valence-electron chi connectivity index (χ1n) is 13.8. The van der Waals surface area contributed by atoms with E-state index in [2.05, 4.69) is 52.9 Å².